The van der Waals surface area contributed by atoms with Crippen molar-refractivity contribution < 1.29 is 4.57 Å². The Labute approximate surface area is 189 Å². The summed E-state index contributed by atoms with van der Waals surface area (Å²) in [5, 5.41) is 0. The highest BCUT2D eigenvalue weighted by molar-refractivity contribution is 4.79. The molecule has 0 N–H and O–H groups in total. The highest BCUT2D eigenvalue weighted by Gasteiger charge is 2.10. The summed E-state index contributed by atoms with van der Waals surface area (Å²) in [5.41, 5.74) is 0. The number of hydrogen-bond donors (Lipinski definition) is 0. The first kappa shape index (κ1) is 27.2. The van der Waals surface area contributed by atoms with Crippen molar-refractivity contribution >= 4 is 0 Å². The van der Waals surface area contributed by atoms with Gasteiger partial charge in [0, 0.05) is 6.92 Å². The van der Waals surface area contributed by atoms with E-state index in [0.717, 1.165) is 0 Å². The predicted molar refractivity (Wildman–Crippen MR) is 133 cm³/mol. The molecule has 2 nitrogen and oxygen atoms in total. The maximum atomic E-state index is 2.45. The van der Waals surface area contributed by atoms with Crippen LogP contribution in [0.3, 0.4) is 0 Å². The van der Waals surface area contributed by atoms with Gasteiger partial charge in [0.05, 0.1) is 13.1 Å². The fourth-order valence-electron chi connectivity index (χ4n) is 4.53. The van der Waals surface area contributed by atoms with E-state index >= 15 is 0 Å². The smallest absolute Gasteiger partial charge is 0.234 e. The Morgan fingerprint density at radius 2 is 0.967 bits per heavy atom. The van der Waals surface area contributed by atoms with Gasteiger partial charge in [0.25, 0.3) is 5.82 Å². The van der Waals surface area contributed by atoms with Crippen LogP contribution in [0.4, 0.5) is 0 Å². The van der Waals surface area contributed by atoms with Gasteiger partial charge in [-0.1, -0.05) is 123 Å². The van der Waals surface area contributed by atoms with E-state index in [2.05, 4.69) is 42.3 Å². The first-order valence-electron chi connectivity index (χ1n) is 13.8. The van der Waals surface area contributed by atoms with Gasteiger partial charge in [-0.05, 0) is 19.3 Å². The molecule has 0 bridgehead atoms. The van der Waals surface area contributed by atoms with E-state index in [1.807, 2.05) is 0 Å². The molecule has 0 aromatic carbocycles. The van der Waals surface area contributed by atoms with Crippen LogP contribution in [0.2, 0.25) is 0 Å². The van der Waals surface area contributed by atoms with Gasteiger partial charge < -0.3 is 0 Å². The largest absolute Gasteiger partial charge is 0.253 e. The molecule has 2 heteroatoms. The lowest BCUT2D eigenvalue weighted by Gasteiger charge is -2.04. The lowest BCUT2D eigenvalue weighted by molar-refractivity contribution is -0.702. The monoisotopic (exact) mass is 419 g/mol. The van der Waals surface area contributed by atoms with Gasteiger partial charge in [-0.3, -0.25) is 0 Å². The maximum absolute atomic E-state index is 2.45. The number of imidazole rings is 1. The fourth-order valence-corrected chi connectivity index (χ4v) is 4.53. The van der Waals surface area contributed by atoms with E-state index in [4.69, 9.17) is 0 Å². The van der Waals surface area contributed by atoms with Crippen molar-refractivity contribution in [3.8, 4) is 0 Å². The first-order chi connectivity index (χ1) is 14.8. The van der Waals surface area contributed by atoms with Crippen LogP contribution in [0.25, 0.3) is 0 Å². The second-order valence-electron chi connectivity index (χ2n) is 9.60. The molecule has 0 spiro atoms. The number of aromatic nitrogens is 2. The third-order valence-corrected chi connectivity index (χ3v) is 6.76. The van der Waals surface area contributed by atoms with Crippen LogP contribution in [0.1, 0.15) is 148 Å². The van der Waals surface area contributed by atoms with Crippen molar-refractivity contribution in [1.29, 1.82) is 0 Å². The van der Waals surface area contributed by atoms with E-state index in [9.17, 15) is 0 Å². The van der Waals surface area contributed by atoms with E-state index in [-0.39, 0.29) is 0 Å². The minimum Gasteiger partial charge on any atom is -0.234 e. The van der Waals surface area contributed by atoms with E-state index in [1.54, 1.807) is 0 Å². The Morgan fingerprint density at radius 3 is 1.40 bits per heavy atom. The molecule has 0 fully saturated rings. The quantitative estimate of drug-likeness (QED) is 0.131. The van der Waals surface area contributed by atoms with Crippen LogP contribution in [0.5, 0.6) is 0 Å². The van der Waals surface area contributed by atoms with Gasteiger partial charge in [0.15, 0.2) is 0 Å². The van der Waals surface area contributed by atoms with E-state index < -0.39 is 0 Å². The predicted octanol–water partition coefficient (Wildman–Crippen LogP) is 8.93. The molecule has 0 atom stereocenters. The zero-order chi connectivity index (χ0) is 21.7. The van der Waals surface area contributed by atoms with Crippen LogP contribution >= 0.6 is 0 Å². The molecular weight excluding hydrogens is 364 g/mol. The number of nitrogens with zero attached hydrogens (tertiary/aromatic N) is 2. The van der Waals surface area contributed by atoms with Gasteiger partial charge in [-0.25, -0.2) is 9.13 Å². The third kappa shape index (κ3) is 14.3. The highest BCUT2D eigenvalue weighted by atomic mass is 15.1. The molecule has 0 aliphatic rings. The second kappa shape index (κ2) is 20.1. The fraction of sp³-hybridized carbons (Fsp3) is 0.893. The number of rotatable bonds is 22. The number of hydrogen-bond acceptors (Lipinski definition) is 0. The van der Waals surface area contributed by atoms with Gasteiger partial charge in [0.1, 0.15) is 12.4 Å². The SMILES string of the molecule is CCCCCCCCCCCCCCCCCCCC[n+]1ccn(CCCC)c1C. The average Bonchev–Trinajstić information content (AvgIpc) is 3.10. The average molecular weight is 420 g/mol. The Morgan fingerprint density at radius 1 is 0.567 bits per heavy atom. The van der Waals surface area contributed by atoms with Crippen LogP contribution in [0.15, 0.2) is 12.4 Å². The van der Waals surface area contributed by atoms with Crippen LogP contribution < -0.4 is 4.57 Å². The summed E-state index contributed by atoms with van der Waals surface area (Å²) < 4.78 is 4.86. The molecule has 0 radical (unpaired) electrons. The van der Waals surface area contributed by atoms with Gasteiger partial charge >= 0.3 is 0 Å². The summed E-state index contributed by atoms with van der Waals surface area (Å²) in [5.74, 6) is 1.43. The van der Waals surface area contributed by atoms with Crippen LogP contribution in [0, 0.1) is 6.92 Å². The Hall–Kier alpha value is -0.790. The summed E-state index contributed by atoms with van der Waals surface area (Å²) >= 11 is 0. The van der Waals surface area contributed by atoms with Crippen molar-refractivity contribution in [2.24, 2.45) is 0 Å². The van der Waals surface area contributed by atoms with Crippen molar-refractivity contribution in [1.82, 2.24) is 4.57 Å². The Bertz CT molecular complexity index is 477. The molecular formula is C28H55N2+. The van der Waals surface area contributed by atoms with Crippen LogP contribution in [-0.4, -0.2) is 4.57 Å². The first-order valence-corrected chi connectivity index (χ1v) is 13.8. The molecule has 0 aliphatic heterocycles. The van der Waals surface area contributed by atoms with Crippen LogP contribution in [-0.2, 0) is 13.1 Å². The van der Waals surface area contributed by atoms with Gasteiger partial charge in [-0.15, -0.1) is 0 Å². The standard InChI is InChI=1S/C28H55N2/c1-4-6-8-9-10-11-12-13-14-15-16-17-18-19-20-21-22-23-25-30-27-26-29(28(30)3)24-7-5-2/h26-27H,4-25H2,1-3H3/q+1. The minimum absolute atomic E-state index is 1.18. The van der Waals surface area contributed by atoms with Gasteiger partial charge in [0.2, 0.25) is 0 Å². The molecule has 0 unspecified atom stereocenters. The lowest BCUT2D eigenvalue weighted by Crippen LogP contribution is -2.35. The zero-order valence-corrected chi connectivity index (χ0v) is 21.1. The summed E-state index contributed by atoms with van der Waals surface area (Å²) in [7, 11) is 0. The topological polar surface area (TPSA) is 8.81 Å². The molecule has 1 aromatic rings. The Kier molecular flexibility index (Phi) is 18.3. The second-order valence-corrected chi connectivity index (χ2v) is 9.60. The summed E-state index contributed by atoms with van der Waals surface area (Å²) in [6.45, 7) is 9.21. The molecule has 0 amide bonds. The zero-order valence-electron chi connectivity index (χ0n) is 21.1. The number of unbranched alkanes of at least 4 members (excludes halogenated alkanes) is 18. The lowest BCUT2D eigenvalue weighted by atomic mass is 10.0. The molecule has 0 saturated heterocycles. The molecule has 0 saturated carbocycles. The van der Waals surface area contributed by atoms with Gasteiger partial charge in [-0.2, -0.15) is 0 Å². The van der Waals surface area contributed by atoms with E-state index in [1.165, 1.54) is 147 Å². The summed E-state index contributed by atoms with van der Waals surface area (Å²) in [6, 6.07) is 0. The summed E-state index contributed by atoms with van der Waals surface area (Å²) in [4.78, 5) is 0. The third-order valence-electron chi connectivity index (χ3n) is 6.76. The summed E-state index contributed by atoms with van der Waals surface area (Å²) in [6.07, 6.45) is 33.2. The molecule has 30 heavy (non-hydrogen) atoms. The minimum atomic E-state index is 1.18. The van der Waals surface area contributed by atoms with E-state index in [0.29, 0.717) is 0 Å². The van der Waals surface area contributed by atoms with Crippen molar-refractivity contribution in [2.75, 3.05) is 0 Å². The molecule has 0 aliphatic carbocycles. The Balaban J connectivity index is 1.80. The molecule has 176 valence electrons. The number of aryl methyl sites for hydroxylation is 2. The molecule has 1 aromatic heterocycles. The molecule has 1 heterocycles. The highest BCUT2D eigenvalue weighted by Crippen LogP contribution is 2.14. The maximum Gasteiger partial charge on any atom is 0.253 e. The van der Waals surface area contributed by atoms with Crippen molar-refractivity contribution in [2.45, 2.75) is 162 Å². The van der Waals surface area contributed by atoms with Crippen molar-refractivity contribution in [3.63, 3.8) is 0 Å². The normalized spacial score (nSPS) is 11.4. The van der Waals surface area contributed by atoms with Crippen molar-refractivity contribution in [3.05, 3.63) is 18.2 Å². The molecule has 1 rings (SSSR count).